The highest BCUT2D eigenvalue weighted by Crippen LogP contribution is 2.22. The third-order valence-corrected chi connectivity index (χ3v) is 2.51. The van der Waals surface area contributed by atoms with Gasteiger partial charge >= 0.3 is 6.18 Å². The highest BCUT2D eigenvalue weighted by atomic mass is 19.4. The zero-order chi connectivity index (χ0) is 15.6. The molecule has 0 aliphatic heterocycles. The fourth-order valence-electron chi connectivity index (χ4n) is 1.63. The molecule has 0 saturated carbocycles. The molecule has 1 N–H and O–H groups in total. The highest BCUT2D eigenvalue weighted by molar-refractivity contribution is 5.58. The van der Waals surface area contributed by atoms with Crippen LogP contribution in [0.1, 0.15) is 5.56 Å². The minimum absolute atomic E-state index is 0.161. The Morgan fingerprint density at radius 3 is 2.71 bits per heavy atom. The number of nitrogens with one attached hydrogen (secondary N) is 1. The molecule has 0 unspecified atom stereocenters. The van der Waals surface area contributed by atoms with Gasteiger partial charge in [0.05, 0.1) is 16.8 Å². The van der Waals surface area contributed by atoms with E-state index in [-0.39, 0.29) is 5.69 Å². The molecule has 0 saturated heterocycles. The van der Waals surface area contributed by atoms with E-state index >= 15 is 0 Å². The van der Waals surface area contributed by atoms with Crippen LogP contribution in [0.3, 0.4) is 0 Å². The predicted octanol–water partition coefficient (Wildman–Crippen LogP) is 2.80. The molecule has 2 heterocycles. The first-order chi connectivity index (χ1) is 9.74. The van der Waals surface area contributed by atoms with Crippen LogP contribution in [0, 0.1) is 17.0 Å². The van der Waals surface area contributed by atoms with Crippen LogP contribution >= 0.6 is 0 Å². The van der Waals surface area contributed by atoms with Crippen LogP contribution in [-0.4, -0.2) is 25.9 Å². The first-order valence-corrected chi connectivity index (χ1v) is 5.72. The third-order valence-electron chi connectivity index (χ3n) is 2.51. The van der Waals surface area contributed by atoms with Gasteiger partial charge in [-0.3, -0.25) is 14.8 Å². The summed E-state index contributed by atoms with van der Waals surface area (Å²) in [6, 6.07) is 1.31. The van der Waals surface area contributed by atoms with Gasteiger partial charge in [-0.25, -0.2) is 4.98 Å². The Morgan fingerprint density at radius 2 is 2.14 bits per heavy atom. The Kier molecular flexibility index (Phi) is 3.78. The van der Waals surface area contributed by atoms with Crippen molar-refractivity contribution in [3.63, 3.8) is 0 Å². The molecule has 2 rings (SSSR count). The molecule has 0 aromatic carbocycles. The lowest BCUT2D eigenvalue weighted by Crippen LogP contribution is -2.17. The molecular formula is C11H10F3N5O2. The first-order valence-electron chi connectivity index (χ1n) is 5.72. The van der Waals surface area contributed by atoms with Crippen LogP contribution in [0.15, 0.2) is 24.7 Å². The van der Waals surface area contributed by atoms with Crippen molar-refractivity contribution in [2.45, 2.75) is 19.6 Å². The highest BCUT2D eigenvalue weighted by Gasteiger charge is 2.28. The predicted molar refractivity (Wildman–Crippen MR) is 67.2 cm³/mol. The number of halogens is 3. The van der Waals surface area contributed by atoms with Crippen molar-refractivity contribution in [1.82, 2.24) is 14.8 Å². The lowest BCUT2D eigenvalue weighted by molar-refractivity contribution is -0.385. The van der Waals surface area contributed by atoms with Gasteiger partial charge in [0.15, 0.2) is 0 Å². The third kappa shape index (κ3) is 3.91. The molecule has 0 spiro atoms. The van der Waals surface area contributed by atoms with Crippen molar-refractivity contribution in [3.05, 3.63) is 40.3 Å². The van der Waals surface area contributed by atoms with Gasteiger partial charge in [-0.2, -0.15) is 18.3 Å². The molecule has 7 nitrogen and oxygen atoms in total. The number of pyridine rings is 1. The number of aromatic nitrogens is 3. The lowest BCUT2D eigenvalue weighted by Gasteiger charge is -2.06. The summed E-state index contributed by atoms with van der Waals surface area (Å²) < 4.78 is 37.4. The molecule has 2 aromatic heterocycles. The quantitative estimate of drug-likeness (QED) is 0.693. The molecule has 21 heavy (non-hydrogen) atoms. The van der Waals surface area contributed by atoms with E-state index in [1.165, 1.54) is 18.5 Å². The second-order valence-corrected chi connectivity index (χ2v) is 4.28. The molecule has 112 valence electrons. The Hall–Kier alpha value is -2.65. The fraction of sp³-hybridized carbons (Fsp3) is 0.273. The average molecular weight is 301 g/mol. The van der Waals surface area contributed by atoms with Gasteiger partial charge in [0.25, 0.3) is 5.69 Å². The van der Waals surface area contributed by atoms with Gasteiger partial charge in [0.1, 0.15) is 18.6 Å². The molecule has 0 atom stereocenters. The maximum absolute atomic E-state index is 12.2. The molecule has 0 aliphatic rings. The van der Waals surface area contributed by atoms with Crippen LogP contribution in [-0.2, 0) is 6.54 Å². The number of aryl methyl sites for hydroxylation is 1. The maximum Gasteiger partial charge on any atom is 0.408 e. The molecule has 0 amide bonds. The van der Waals surface area contributed by atoms with E-state index < -0.39 is 17.6 Å². The van der Waals surface area contributed by atoms with Crippen molar-refractivity contribution < 1.29 is 18.1 Å². The minimum atomic E-state index is -4.36. The van der Waals surface area contributed by atoms with Crippen LogP contribution in [0.2, 0.25) is 0 Å². The molecule has 0 bridgehead atoms. The molecule has 0 radical (unpaired) electrons. The second-order valence-electron chi connectivity index (χ2n) is 4.28. The molecule has 0 aliphatic carbocycles. The normalized spacial score (nSPS) is 11.4. The van der Waals surface area contributed by atoms with Crippen molar-refractivity contribution >= 4 is 17.2 Å². The number of rotatable bonds is 4. The van der Waals surface area contributed by atoms with E-state index in [0.717, 1.165) is 10.9 Å². The van der Waals surface area contributed by atoms with Crippen molar-refractivity contribution in [3.8, 4) is 0 Å². The Bertz CT molecular complexity index is 668. The standard InChI is InChI=1S/C11H10F3N5O2/c1-7-2-9(19(20)21)4-15-10(7)17-8-3-16-18(5-8)6-11(12,13)14/h2-5H,6H2,1H3,(H,15,17). The summed E-state index contributed by atoms with van der Waals surface area (Å²) in [6.07, 6.45) is -0.898. The maximum atomic E-state index is 12.2. The van der Waals surface area contributed by atoms with Crippen LogP contribution < -0.4 is 5.32 Å². The zero-order valence-corrected chi connectivity index (χ0v) is 10.8. The number of nitro groups is 1. The van der Waals surface area contributed by atoms with E-state index in [1.54, 1.807) is 6.92 Å². The van der Waals surface area contributed by atoms with Gasteiger partial charge in [-0.15, -0.1) is 0 Å². The van der Waals surface area contributed by atoms with Gasteiger partial charge in [0.2, 0.25) is 0 Å². The summed E-state index contributed by atoms with van der Waals surface area (Å²) in [5, 5.41) is 16.9. The van der Waals surface area contributed by atoms with Crippen LogP contribution in [0.4, 0.5) is 30.4 Å². The Balaban J connectivity index is 2.14. The van der Waals surface area contributed by atoms with Crippen LogP contribution in [0.5, 0.6) is 0 Å². The Labute approximate surface area is 116 Å². The van der Waals surface area contributed by atoms with E-state index in [1.807, 2.05) is 0 Å². The molecule has 10 heteroatoms. The summed E-state index contributed by atoms with van der Waals surface area (Å²) in [7, 11) is 0. The van der Waals surface area contributed by atoms with Gasteiger partial charge in [-0.05, 0) is 12.5 Å². The monoisotopic (exact) mass is 301 g/mol. The summed E-state index contributed by atoms with van der Waals surface area (Å²) in [5.74, 6) is 0.312. The van der Waals surface area contributed by atoms with E-state index in [0.29, 0.717) is 17.1 Å². The molecular weight excluding hydrogens is 291 g/mol. The summed E-state index contributed by atoms with van der Waals surface area (Å²) in [5.41, 5.74) is 0.641. The van der Waals surface area contributed by atoms with Gasteiger partial charge in [-0.1, -0.05) is 0 Å². The SMILES string of the molecule is Cc1cc([N+](=O)[O-])cnc1Nc1cnn(CC(F)(F)F)c1. The van der Waals surface area contributed by atoms with Crippen molar-refractivity contribution in [1.29, 1.82) is 0 Å². The zero-order valence-electron chi connectivity index (χ0n) is 10.8. The van der Waals surface area contributed by atoms with Crippen LogP contribution in [0.25, 0.3) is 0 Å². The van der Waals surface area contributed by atoms with Crippen molar-refractivity contribution in [2.24, 2.45) is 0 Å². The van der Waals surface area contributed by atoms with Gasteiger partial charge < -0.3 is 5.32 Å². The smallest absolute Gasteiger partial charge is 0.337 e. The summed E-state index contributed by atoms with van der Waals surface area (Å²) >= 11 is 0. The first kappa shape index (κ1) is 14.8. The average Bonchev–Trinajstić information content (AvgIpc) is 2.76. The van der Waals surface area contributed by atoms with Crippen molar-refractivity contribution in [2.75, 3.05) is 5.32 Å². The Morgan fingerprint density at radius 1 is 1.43 bits per heavy atom. The van der Waals surface area contributed by atoms with E-state index in [9.17, 15) is 23.3 Å². The lowest BCUT2D eigenvalue weighted by atomic mass is 10.2. The largest absolute Gasteiger partial charge is 0.408 e. The van der Waals surface area contributed by atoms with E-state index in [2.05, 4.69) is 15.4 Å². The number of alkyl halides is 3. The topological polar surface area (TPSA) is 85.9 Å². The molecule has 0 fully saturated rings. The summed E-state index contributed by atoms with van der Waals surface area (Å²) in [4.78, 5) is 13.9. The number of anilines is 2. The van der Waals surface area contributed by atoms with E-state index in [4.69, 9.17) is 0 Å². The number of hydrogen-bond acceptors (Lipinski definition) is 5. The second kappa shape index (κ2) is 5.38. The fourth-order valence-corrected chi connectivity index (χ4v) is 1.63. The minimum Gasteiger partial charge on any atom is -0.337 e. The van der Waals surface area contributed by atoms with Gasteiger partial charge in [0, 0.05) is 12.3 Å². The molecule has 2 aromatic rings. The number of nitrogens with zero attached hydrogens (tertiary/aromatic N) is 4. The summed E-state index contributed by atoms with van der Waals surface area (Å²) in [6.45, 7) is 0.407. The number of hydrogen-bond donors (Lipinski definition) is 1.